The van der Waals surface area contributed by atoms with Crippen LogP contribution in [0.4, 0.5) is 0 Å². The zero-order chi connectivity index (χ0) is 9.97. The Balaban J connectivity index is 2.26. The van der Waals surface area contributed by atoms with Gasteiger partial charge < -0.3 is 10.3 Å². The Bertz CT molecular complexity index is 398. The van der Waals surface area contributed by atoms with Gasteiger partial charge in [0, 0.05) is 17.8 Å². The highest BCUT2D eigenvalue weighted by molar-refractivity contribution is 7.03. The Morgan fingerprint density at radius 2 is 2.50 bits per heavy atom. The molecule has 0 saturated carbocycles. The molecule has 2 rings (SSSR count). The Hall–Kier alpha value is -1.34. The van der Waals surface area contributed by atoms with Gasteiger partial charge in [0.1, 0.15) is 0 Å². The molecule has 1 atom stereocenters. The molecule has 74 valence electrons. The molecule has 0 aliphatic heterocycles. The van der Waals surface area contributed by atoms with Crippen LogP contribution in [0.15, 0.2) is 9.90 Å². The normalized spacial score (nSPS) is 13.0. The summed E-state index contributed by atoms with van der Waals surface area (Å²) in [4.78, 5) is 4.17. The van der Waals surface area contributed by atoms with Gasteiger partial charge in [-0.1, -0.05) is 16.6 Å². The van der Waals surface area contributed by atoms with Crippen molar-refractivity contribution in [1.82, 2.24) is 19.7 Å². The number of nitrogens with two attached hydrogens (primary N) is 1. The molecule has 1 unspecified atom stereocenters. The van der Waals surface area contributed by atoms with Crippen LogP contribution in [0.3, 0.4) is 0 Å². The molecule has 0 bridgehead atoms. The van der Waals surface area contributed by atoms with Crippen LogP contribution in [0.1, 0.15) is 18.7 Å². The van der Waals surface area contributed by atoms with Crippen LogP contribution in [-0.4, -0.2) is 26.3 Å². The van der Waals surface area contributed by atoms with Gasteiger partial charge in [-0.3, -0.25) is 0 Å². The minimum atomic E-state index is 0.0964. The molecule has 0 amide bonds. The van der Waals surface area contributed by atoms with Crippen molar-refractivity contribution in [2.75, 3.05) is 6.54 Å². The summed E-state index contributed by atoms with van der Waals surface area (Å²) in [5.41, 5.74) is 6.09. The number of hydrogen-bond acceptors (Lipinski definition) is 7. The Morgan fingerprint density at radius 1 is 1.64 bits per heavy atom. The van der Waals surface area contributed by atoms with E-state index in [4.69, 9.17) is 10.3 Å². The lowest BCUT2D eigenvalue weighted by Gasteiger charge is -1.98. The lowest BCUT2D eigenvalue weighted by molar-refractivity contribution is 0.416. The van der Waals surface area contributed by atoms with E-state index in [1.165, 1.54) is 11.5 Å². The number of aromatic nitrogens is 4. The van der Waals surface area contributed by atoms with Gasteiger partial charge in [-0.2, -0.15) is 4.98 Å². The van der Waals surface area contributed by atoms with Gasteiger partial charge in [0.25, 0.3) is 5.89 Å². The topological polar surface area (TPSA) is 90.7 Å². The zero-order valence-corrected chi connectivity index (χ0v) is 8.36. The molecule has 2 aromatic heterocycles. The minimum absolute atomic E-state index is 0.0964. The first kappa shape index (κ1) is 9.22. The summed E-state index contributed by atoms with van der Waals surface area (Å²) in [5, 5.41) is 9.39. The molecule has 0 saturated heterocycles. The predicted octanol–water partition coefficient (Wildman–Crippen LogP) is 0.650. The van der Waals surface area contributed by atoms with Crippen molar-refractivity contribution in [1.29, 1.82) is 0 Å². The zero-order valence-electron chi connectivity index (χ0n) is 7.54. The van der Waals surface area contributed by atoms with Crippen LogP contribution in [0.2, 0.25) is 0 Å². The standard InChI is InChI=1S/C7H9N5OS/c1-4(2-8)6-9-7(13-11-6)5-3-14-12-10-5/h3-4H,2,8H2,1H3. The van der Waals surface area contributed by atoms with Crippen LogP contribution >= 0.6 is 11.5 Å². The summed E-state index contributed by atoms with van der Waals surface area (Å²) < 4.78 is 8.73. The number of nitrogens with zero attached hydrogens (tertiary/aromatic N) is 4. The predicted molar refractivity (Wildman–Crippen MR) is 50.7 cm³/mol. The quantitative estimate of drug-likeness (QED) is 0.801. The highest BCUT2D eigenvalue weighted by Crippen LogP contribution is 2.17. The van der Waals surface area contributed by atoms with Crippen molar-refractivity contribution in [3.05, 3.63) is 11.2 Å². The van der Waals surface area contributed by atoms with Crippen LogP contribution in [0.25, 0.3) is 11.6 Å². The first-order valence-electron chi connectivity index (χ1n) is 4.12. The van der Waals surface area contributed by atoms with Gasteiger partial charge >= 0.3 is 0 Å². The molecule has 0 aliphatic carbocycles. The van der Waals surface area contributed by atoms with E-state index in [2.05, 4.69) is 19.7 Å². The maximum atomic E-state index is 5.48. The SMILES string of the molecule is CC(CN)c1noc(-c2csnn2)n1. The molecule has 0 radical (unpaired) electrons. The molecule has 0 aromatic carbocycles. The van der Waals surface area contributed by atoms with Crippen LogP contribution in [0.5, 0.6) is 0 Å². The summed E-state index contributed by atoms with van der Waals surface area (Å²) in [6.45, 7) is 2.43. The van der Waals surface area contributed by atoms with Crippen LogP contribution < -0.4 is 5.73 Å². The Labute approximate surface area is 84.3 Å². The molecule has 0 spiro atoms. The average Bonchev–Trinajstić information content (AvgIpc) is 2.86. The average molecular weight is 211 g/mol. The Kier molecular flexibility index (Phi) is 2.51. The summed E-state index contributed by atoms with van der Waals surface area (Å²) in [6.07, 6.45) is 0. The summed E-state index contributed by atoms with van der Waals surface area (Å²) >= 11 is 1.24. The molecular formula is C7H9N5OS. The second kappa shape index (κ2) is 3.81. The molecule has 0 fully saturated rings. The monoisotopic (exact) mass is 211 g/mol. The van der Waals surface area contributed by atoms with Crippen LogP contribution in [0, 0.1) is 0 Å². The van der Waals surface area contributed by atoms with E-state index in [0.717, 1.165) is 0 Å². The van der Waals surface area contributed by atoms with E-state index in [0.29, 0.717) is 24.0 Å². The molecule has 2 heterocycles. The van der Waals surface area contributed by atoms with Gasteiger partial charge in [-0.05, 0) is 11.5 Å². The number of rotatable bonds is 3. The van der Waals surface area contributed by atoms with Crippen molar-refractivity contribution in [2.45, 2.75) is 12.8 Å². The largest absolute Gasteiger partial charge is 0.332 e. The van der Waals surface area contributed by atoms with E-state index in [-0.39, 0.29) is 5.92 Å². The van der Waals surface area contributed by atoms with Crippen molar-refractivity contribution in [2.24, 2.45) is 5.73 Å². The molecule has 14 heavy (non-hydrogen) atoms. The fourth-order valence-corrected chi connectivity index (χ4v) is 1.33. The Morgan fingerprint density at radius 3 is 3.14 bits per heavy atom. The van der Waals surface area contributed by atoms with E-state index in [1.54, 1.807) is 5.38 Å². The first-order valence-corrected chi connectivity index (χ1v) is 4.96. The van der Waals surface area contributed by atoms with Gasteiger partial charge in [0.2, 0.25) is 0 Å². The highest BCUT2D eigenvalue weighted by atomic mass is 32.1. The van der Waals surface area contributed by atoms with E-state index >= 15 is 0 Å². The van der Waals surface area contributed by atoms with E-state index in [9.17, 15) is 0 Å². The summed E-state index contributed by atoms with van der Waals surface area (Å²) in [5.74, 6) is 1.10. The third-order valence-corrected chi connectivity index (χ3v) is 2.32. The molecular weight excluding hydrogens is 202 g/mol. The van der Waals surface area contributed by atoms with Crippen molar-refractivity contribution in [3.8, 4) is 11.6 Å². The fourth-order valence-electron chi connectivity index (χ4n) is 0.902. The molecule has 2 N–H and O–H groups in total. The first-order chi connectivity index (χ1) is 6.81. The maximum Gasteiger partial charge on any atom is 0.279 e. The molecule has 0 aliphatic rings. The highest BCUT2D eigenvalue weighted by Gasteiger charge is 2.14. The van der Waals surface area contributed by atoms with Crippen molar-refractivity contribution in [3.63, 3.8) is 0 Å². The third kappa shape index (κ3) is 1.64. The van der Waals surface area contributed by atoms with E-state index < -0.39 is 0 Å². The summed E-state index contributed by atoms with van der Waals surface area (Å²) in [7, 11) is 0. The van der Waals surface area contributed by atoms with Gasteiger partial charge in [0.05, 0.1) is 0 Å². The summed E-state index contributed by atoms with van der Waals surface area (Å²) in [6, 6.07) is 0. The molecule has 2 aromatic rings. The second-order valence-corrected chi connectivity index (χ2v) is 3.49. The fraction of sp³-hybridized carbons (Fsp3) is 0.429. The van der Waals surface area contributed by atoms with E-state index in [1.807, 2.05) is 6.92 Å². The van der Waals surface area contributed by atoms with Gasteiger partial charge in [0.15, 0.2) is 11.5 Å². The maximum absolute atomic E-state index is 5.48. The van der Waals surface area contributed by atoms with Crippen molar-refractivity contribution >= 4 is 11.5 Å². The lowest BCUT2D eigenvalue weighted by atomic mass is 10.2. The van der Waals surface area contributed by atoms with Crippen molar-refractivity contribution < 1.29 is 4.52 Å². The molecule has 7 heteroatoms. The molecule has 6 nitrogen and oxygen atoms in total. The van der Waals surface area contributed by atoms with Gasteiger partial charge in [-0.25, -0.2) is 0 Å². The minimum Gasteiger partial charge on any atom is -0.332 e. The third-order valence-electron chi connectivity index (χ3n) is 1.82. The lowest BCUT2D eigenvalue weighted by Crippen LogP contribution is -2.10. The number of hydrogen-bond donors (Lipinski definition) is 1. The second-order valence-electron chi connectivity index (χ2n) is 2.88. The smallest absolute Gasteiger partial charge is 0.279 e. The van der Waals surface area contributed by atoms with Crippen LogP contribution in [-0.2, 0) is 0 Å². The van der Waals surface area contributed by atoms with Gasteiger partial charge in [-0.15, -0.1) is 5.10 Å².